The van der Waals surface area contributed by atoms with Gasteiger partial charge in [0.1, 0.15) is 0 Å². The Morgan fingerprint density at radius 1 is 0.241 bits per heavy atom. The van der Waals surface area contributed by atoms with Crippen LogP contribution >= 0.6 is 0 Å². The summed E-state index contributed by atoms with van der Waals surface area (Å²) in [7, 11) is 0. The predicted octanol–water partition coefficient (Wildman–Crippen LogP) is 23.9. The molecule has 0 aromatic rings. The van der Waals surface area contributed by atoms with Gasteiger partial charge in [0.15, 0.2) is 0 Å². The molecule has 3 heteroatoms. The van der Waals surface area contributed by atoms with Gasteiger partial charge in [-0.3, -0.25) is 0 Å². The second kappa shape index (κ2) is 33.1. The molecule has 3 saturated heterocycles. The van der Waals surface area contributed by atoms with E-state index in [0.29, 0.717) is 38.9 Å². The molecule has 5 saturated carbocycles. The summed E-state index contributed by atoms with van der Waals surface area (Å²) in [5.41, 5.74) is 4.03. The molecule has 0 bridgehead atoms. The third-order valence-corrected chi connectivity index (χ3v) is 26.3. The van der Waals surface area contributed by atoms with E-state index in [1.807, 2.05) is 0 Å². The van der Waals surface area contributed by atoms with Crippen LogP contribution in [0.15, 0.2) is 0 Å². The van der Waals surface area contributed by atoms with E-state index in [-0.39, 0.29) is 5.60 Å². The zero-order valence-corrected chi connectivity index (χ0v) is 59.6. The third-order valence-electron chi connectivity index (χ3n) is 26.3. The molecule has 3 heterocycles. The topological polar surface area (TPSA) is 27.7 Å². The van der Waals surface area contributed by atoms with E-state index in [2.05, 4.69) is 194 Å². The van der Waals surface area contributed by atoms with E-state index in [1.165, 1.54) is 122 Å². The first kappa shape index (κ1) is 75.0. The van der Waals surface area contributed by atoms with Gasteiger partial charge in [-0.25, -0.2) is 0 Å². The Morgan fingerprint density at radius 3 is 0.696 bits per heavy atom. The first-order chi connectivity index (χ1) is 36.6. The Morgan fingerprint density at radius 2 is 0.519 bits per heavy atom. The van der Waals surface area contributed by atoms with Crippen LogP contribution in [0.2, 0.25) is 0 Å². The average molecular weight is 1110 g/mol. The van der Waals surface area contributed by atoms with Gasteiger partial charge in [0.25, 0.3) is 0 Å². The van der Waals surface area contributed by atoms with Crippen molar-refractivity contribution in [3.8, 4) is 0 Å². The Bertz CT molecular complexity index is 1360. The molecule has 5 aliphatic carbocycles. The van der Waals surface area contributed by atoms with Crippen LogP contribution in [-0.4, -0.2) is 38.6 Å². The average Bonchev–Trinajstić information content (AvgIpc) is 3.99. The Kier molecular flexibility index (Phi) is 31.4. The first-order valence-corrected chi connectivity index (χ1v) is 35.4. The monoisotopic (exact) mass is 1110 g/mol. The molecule has 0 radical (unpaired) electrons. The summed E-state index contributed by atoms with van der Waals surface area (Å²) in [6.07, 6.45) is 28.5. The summed E-state index contributed by atoms with van der Waals surface area (Å²) in [5.74, 6) is 13.8. The molecule has 8 fully saturated rings. The zero-order chi connectivity index (χ0) is 60.5. The number of fused-ring (bicyclic) bond motifs is 1. The molecule has 472 valence electrons. The summed E-state index contributed by atoms with van der Waals surface area (Å²) in [6, 6.07) is 0. The maximum atomic E-state index is 5.86. The highest BCUT2D eigenvalue weighted by Crippen LogP contribution is 2.65. The van der Waals surface area contributed by atoms with Gasteiger partial charge >= 0.3 is 0 Å². The van der Waals surface area contributed by atoms with Crippen molar-refractivity contribution < 1.29 is 14.2 Å². The fourth-order valence-electron chi connectivity index (χ4n) is 18.8. The van der Waals surface area contributed by atoms with E-state index in [4.69, 9.17) is 14.2 Å². The van der Waals surface area contributed by atoms with Crippen LogP contribution in [0.25, 0.3) is 0 Å². The number of hydrogen-bond donors (Lipinski definition) is 0. The van der Waals surface area contributed by atoms with Crippen LogP contribution in [0.5, 0.6) is 0 Å². The lowest BCUT2D eigenvalue weighted by atomic mass is 9.56. The summed E-state index contributed by atoms with van der Waals surface area (Å²) in [5, 5.41) is 0. The van der Waals surface area contributed by atoms with E-state index >= 15 is 0 Å². The normalized spacial score (nSPS) is 25.6. The second-order valence-corrected chi connectivity index (χ2v) is 33.2. The van der Waals surface area contributed by atoms with Crippen molar-refractivity contribution in [1.82, 2.24) is 0 Å². The fourth-order valence-corrected chi connectivity index (χ4v) is 18.8. The van der Waals surface area contributed by atoms with Crippen LogP contribution in [0.1, 0.15) is 322 Å². The zero-order valence-electron chi connectivity index (χ0n) is 59.6. The maximum Gasteiger partial charge on any atom is 0.0728 e. The van der Waals surface area contributed by atoms with Gasteiger partial charge in [0.2, 0.25) is 0 Å². The van der Waals surface area contributed by atoms with Gasteiger partial charge in [-0.2, -0.15) is 0 Å². The second-order valence-electron chi connectivity index (χ2n) is 33.2. The molecule has 0 aromatic carbocycles. The number of hydrogen-bond acceptors (Lipinski definition) is 3. The molecule has 0 spiro atoms. The lowest BCUT2D eigenvalue weighted by Gasteiger charge is -2.49. The molecule has 8 rings (SSSR count). The van der Waals surface area contributed by atoms with Crippen LogP contribution in [0.4, 0.5) is 0 Å². The predicted molar refractivity (Wildman–Crippen MR) is 352 cm³/mol. The third kappa shape index (κ3) is 18.7. The molecular weight excluding hydrogens is 961 g/mol. The molecule has 3 nitrogen and oxygen atoms in total. The molecule has 0 amide bonds. The van der Waals surface area contributed by atoms with Crippen molar-refractivity contribution in [2.75, 3.05) is 33.0 Å². The lowest BCUT2D eigenvalue weighted by molar-refractivity contribution is -0.0682. The molecule has 2 unspecified atom stereocenters. The van der Waals surface area contributed by atoms with Gasteiger partial charge in [-0.15, -0.1) is 0 Å². The molecule has 3 aliphatic heterocycles. The Balaban J connectivity index is 0.000000315. The van der Waals surface area contributed by atoms with Crippen molar-refractivity contribution in [2.45, 2.75) is 328 Å². The largest absolute Gasteiger partial charge is 0.381 e. The maximum absolute atomic E-state index is 5.86. The Hall–Kier alpha value is -0.120. The minimum absolute atomic E-state index is 0.194. The highest BCUT2D eigenvalue weighted by Gasteiger charge is 2.56. The van der Waals surface area contributed by atoms with Gasteiger partial charge in [-0.1, -0.05) is 232 Å². The SMILES string of the molecule is CC(C)C1(C(C)C)CC2CC2C1.CC(C)C1(C(C)C)CCC1.CC(C)C1(C(C)C)CCCC1.CC(C)C1(C(C)C)CCCCC1.CC(C)C1(C(C)C)CCCO1.CC(C)C1(C(C)C)CCOC1.CC(C)C1(C(C)C)CCOCC1. The van der Waals surface area contributed by atoms with Gasteiger partial charge in [-0.05, 0) is 212 Å². The van der Waals surface area contributed by atoms with E-state index < -0.39 is 0 Å². The highest BCUT2D eigenvalue weighted by molar-refractivity contribution is 5.05. The van der Waals surface area contributed by atoms with Gasteiger partial charge in [0, 0.05) is 31.8 Å². The molecule has 2 atom stereocenters. The number of ether oxygens (including phenoxy) is 3. The van der Waals surface area contributed by atoms with Crippen molar-refractivity contribution in [3.05, 3.63) is 0 Å². The molecular formula is C76H150O3. The minimum Gasteiger partial charge on any atom is -0.381 e. The lowest BCUT2D eigenvalue weighted by Crippen LogP contribution is -2.39. The summed E-state index contributed by atoms with van der Waals surface area (Å²) < 4.78 is 16.8. The summed E-state index contributed by atoms with van der Waals surface area (Å²) in [6.45, 7) is 71.0. The fraction of sp³-hybridized carbons (Fsp3) is 1.00. The van der Waals surface area contributed by atoms with Crippen molar-refractivity contribution in [2.24, 2.45) is 127 Å². The Labute approximate surface area is 499 Å². The number of rotatable bonds is 14. The van der Waals surface area contributed by atoms with E-state index in [9.17, 15) is 0 Å². The van der Waals surface area contributed by atoms with Crippen molar-refractivity contribution >= 4 is 0 Å². The van der Waals surface area contributed by atoms with E-state index in [1.54, 1.807) is 6.42 Å². The molecule has 0 N–H and O–H groups in total. The van der Waals surface area contributed by atoms with Crippen molar-refractivity contribution in [1.29, 1.82) is 0 Å². The molecule has 8 aliphatic rings. The van der Waals surface area contributed by atoms with Gasteiger partial charge < -0.3 is 14.2 Å². The smallest absolute Gasteiger partial charge is 0.0728 e. The van der Waals surface area contributed by atoms with Gasteiger partial charge in [0.05, 0.1) is 12.2 Å². The molecule has 79 heavy (non-hydrogen) atoms. The van der Waals surface area contributed by atoms with Crippen molar-refractivity contribution in [3.63, 3.8) is 0 Å². The quantitative estimate of drug-likeness (QED) is 0.173. The summed E-state index contributed by atoms with van der Waals surface area (Å²) in [4.78, 5) is 0. The van der Waals surface area contributed by atoms with Crippen LogP contribution in [0.3, 0.4) is 0 Å². The van der Waals surface area contributed by atoms with Crippen LogP contribution < -0.4 is 0 Å². The highest BCUT2D eigenvalue weighted by atomic mass is 16.5. The summed E-state index contributed by atoms with van der Waals surface area (Å²) >= 11 is 0. The minimum atomic E-state index is 0.194. The standard InChI is InChI=1S/C12H22.C12H24.C11H22O.C11H22.2C10H20O.C10H20/c1-8(2)12(9(3)4)6-10-5-11(10)7-12;1-10(2)12(11(3)4)8-6-5-7-9-12;1-9(2)11(10(3)4)5-7-12-8-6-11;1-9(2)11(10(3)4)7-5-6-8-11;1-8(2)10(9(3)4)5-6-11-7-10;1-8(2)10(9(3)4)6-5-7-11-10;1-8(2)10(9(3)4)6-5-7-10/h8-11H,5-7H2,1-4H3;10-11H,5-9H2,1-4H3;9-10H,5-8H2,1-4H3;9-10H,5-8H2,1-4H3;2*8-9H,5-7H2,1-4H3;8-9H,5-7H2,1-4H3. The van der Waals surface area contributed by atoms with E-state index in [0.717, 1.165) is 121 Å². The molecule has 0 aromatic heterocycles. The van der Waals surface area contributed by atoms with Crippen LogP contribution in [0, 0.1) is 127 Å². The van der Waals surface area contributed by atoms with Crippen LogP contribution in [-0.2, 0) is 14.2 Å². The first-order valence-electron chi connectivity index (χ1n) is 35.4.